The van der Waals surface area contributed by atoms with Gasteiger partial charge in [-0.1, -0.05) is 61.7 Å². The van der Waals surface area contributed by atoms with Gasteiger partial charge < -0.3 is 19.9 Å². The van der Waals surface area contributed by atoms with Crippen LogP contribution < -0.4 is 5.32 Å². The van der Waals surface area contributed by atoms with Crippen molar-refractivity contribution in [1.82, 2.24) is 10.2 Å². The monoisotopic (exact) mass is 454 g/mol. The molecule has 33 heavy (non-hydrogen) atoms. The predicted octanol–water partition coefficient (Wildman–Crippen LogP) is 4.13. The van der Waals surface area contributed by atoms with E-state index in [1.165, 1.54) is 6.08 Å². The van der Waals surface area contributed by atoms with Gasteiger partial charge in [0.2, 0.25) is 0 Å². The maximum atomic E-state index is 12.2. The number of nitrogens with one attached hydrogen (secondary N) is 1. The van der Waals surface area contributed by atoms with Crippen molar-refractivity contribution in [2.24, 2.45) is 0 Å². The van der Waals surface area contributed by atoms with Gasteiger partial charge in [0.25, 0.3) is 0 Å². The normalized spacial score (nSPS) is 14.5. The van der Waals surface area contributed by atoms with Crippen molar-refractivity contribution in [2.45, 2.75) is 19.3 Å². The molecule has 0 saturated heterocycles. The Morgan fingerprint density at radius 3 is 2.64 bits per heavy atom. The molecule has 1 unspecified atom stereocenters. The Morgan fingerprint density at radius 1 is 1.21 bits per heavy atom. The highest BCUT2D eigenvalue weighted by Gasteiger charge is 2.29. The van der Waals surface area contributed by atoms with E-state index >= 15 is 0 Å². The zero-order valence-electron chi connectivity index (χ0n) is 18.8. The molecule has 2 N–H and O–H groups in total. The number of amides is 2. The molecule has 1 atom stereocenters. The van der Waals surface area contributed by atoms with Crippen LogP contribution in [0, 0.1) is 0 Å². The summed E-state index contributed by atoms with van der Waals surface area (Å²) >= 11 is 0. The third kappa shape index (κ3) is 7.10. The number of hydrogen-bond acceptors (Lipinski definition) is 5. The SMILES string of the molecule is C=CCOC(=O)N(CCCNC(=O)OCC1C(/C=C\C)=C(C=C)c2ccccc21)CC(=O)O. The van der Waals surface area contributed by atoms with E-state index in [0.717, 1.165) is 27.2 Å². The van der Waals surface area contributed by atoms with Gasteiger partial charge in [0.1, 0.15) is 19.8 Å². The summed E-state index contributed by atoms with van der Waals surface area (Å²) < 4.78 is 10.3. The first kappa shape index (κ1) is 25.5. The molecule has 176 valence electrons. The quantitative estimate of drug-likeness (QED) is 0.364. The number of aliphatic carboxylic acids is 1. The van der Waals surface area contributed by atoms with E-state index in [1.807, 2.05) is 49.4 Å². The van der Waals surface area contributed by atoms with Crippen LogP contribution in [0.15, 0.2) is 67.3 Å². The van der Waals surface area contributed by atoms with Gasteiger partial charge >= 0.3 is 18.2 Å². The molecular weight excluding hydrogens is 424 g/mol. The number of alkyl carbamates (subject to hydrolysis) is 1. The van der Waals surface area contributed by atoms with Crippen LogP contribution in [-0.2, 0) is 14.3 Å². The first-order valence-electron chi connectivity index (χ1n) is 10.7. The highest BCUT2D eigenvalue weighted by molar-refractivity contribution is 5.86. The lowest BCUT2D eigenvalue weighted by molar-refractivity contribution is -0.138. The van der Waals surface area contributed by atoms with E-state index in [2.05, 4.69) is 18.5 Å². The molecule has 0 aromatic heterocycles. The van der Waals surface area contributed by atoms with E-state index in [0.29, 0.717) is 6.42 Å². The van der Waals surface area contributed by atoms with E-state index in [1.54, 1.807) is 0 Å². The summed E-state index contributed by atoms with van der Waals surface area (Å²) in [7, 11) is 0. The summed E-state index contributed by atoms with van der Waals surface area (Å²) in [6.07, 6.45) is 6.16. The second kappa shape index (κ2) is 12.9. The summed E-state index contributed by atoms with van der Waals surface area (Å²) in [6, 6.07) is 7.96. The Hall–Kier alpha value is -3.81. The number of carbonyl (C=O) groups excluding carboxylic acids is 2. The van der Waals surface area contributed by atoms with Crippen molar-refractivity contribution in [2.75, 3.05) is 32.8 Å². The Labute approximate surface area is 193 Å². The molecule has 0 saturated carbocycles. The summed E-state index contributed by atoms with van der Waals surface area (Å²) in [5, 5.41) is 11.6. The smallest absolute Gasteiger partial charge is 0.410 e. The molecule has 2 rings (SSSR count). The molecule has 0 aliphatic heterocycles. The molecule has 0 bridgehead atoms. The van der Waals surface area contributed by atoms with Crippen LogP contribution in [0.2, 0.25) is 0 Å². The average molecular weight is 455 g/mol. The van der Waals surface area contributed by atoms with E-state index in [-0.39, 0.29) is 32.2 Å². The van der Waals surface area contributed by atoms with Crippen LogP contribution in [0.5, 0.6) is 0 Å². The molecule has 0 spiro atoms. The lowest BCUT2D eigenvalue weighted by Gasteiger charge is -2.20. The summed E-state index contributed by atoms with van der Waals surface area (Å²) in [5.41, 5.74) is 4.23. The Morgan fingerprint density at radius 2 is 1.97 bits per heavy atom. The van der Waals surface area contributed by atoms with Crippen LogP contribution in [0.25, 0.3) is 5.57 Å². The number of ether oxygens (including phenoxy) is 2. The second-order valence-corrected chi connectivity index (χ2v) is 7.27. The molecule has 1 aromatic carbocycles. The third-order valence-electron chi connectivity index (χ3n) is 5.03. The van der Waals surface area contributed by atoms with Crippen molar-refractivity contribution < 1.29 is 29.0 Å². The van der Waals surface area contributed by atoms with Crippen molar-refractivity contribution in [3.8, 4) is 0 Å². The Balaban J connectivity index is 1.88. The number of nitrogens with zero attached hydrogens (tertiary/aromatic N) is 1. The largest absolute Gasteiger partial charge is 0.480 e. The van der Waals surface area contributed by atoms with Gasteiger partial charge in [-0.05, 0) is 35.6 Å². The summed E-state index contributed by atoms with van der Waals surface area (Å²) in [5.74, 6) is -1.25. The first-order valence-corrected chi connectivity index (χ1v) is 10.7. The highest BCUT2D eigenvalue weighted by Crippen LogP contribution is 2.43. The standard InChI is InChI=1S/C25H30N2O6/c1-4-10-19-18(6-3)20-11-7-8-12-21(20)22(19)17-33-24(30)26-13-9-14-27(16-23(28)29)25(31)32-15-5-2/h4-8,10-12,22H,2-3,9,13-17H2,1H3,(H,26,30)(H,28,29)/b10-4-. The van der Waals surface area contributed by atoms with Crippen LogP contribution >= 0.6 is 0 Å². The number of allylic oxidation sites excluding steroid dienone is 4. The number of fused-ring (bicyclic) bond motifs is 1. The number of benzene rings is 1. The lowest BCUT2D eigenvalue weighted by atomic mass is 9.96. The van der Waals surface area contributed by atoms with Crippen molar-refractivity contribution in [3.63, 3.8) is 0 Å². The van der Waals surface area contributed by atoms with Gasteiger partial charge in [-0.25, -0.2) is 9.59 Å². The molecule has 2 amide bonds. The van der Waals surface area contributed by atoms with E-state index < -0.39 is 24.7 Å². The fourth-order valence-corrected chi connectivity index (χ4v) is 3.64. The van der Waals surface area contributed by atoms with Crippen LogP contribution in [0.4, 0.5) is 9.59 Å². The summed E-state index contributed by atoms with van der Waals surface area (Å²) in [6.45, 7) is 9.28. The number of carboxylic acid groups (broad SMARTS) is 1. The molecule has 8 nitrogen and oxygen atoms in total. The minimum Gasteiger partial charge on any atom is -0.480 e. The fourth-order valence-electron chi connectivity index (χ4n) is 3.64. The molecule has 1 aliphatic carbocycles. The second-order valence-electron chi connectivity index (χ2n) is 7.27. The third-order valence-corrected chi connectivity index (χ3v) is 5.03. The van der Waals surface area contributed by atoms with Crippen LogP contribution in [0.3, 0.4) is 0 Å². The number of rotatable bonds is 12. The van der Waals surface area contributed by atoms with Gasteiger partial charge in [-0.3, -0.25) is 9.69 Å². The summed E-state index contributed by atoms with van der Waals surface area (Å²) in [4.78, 5) is 36.2. The number of hydrogen-bond donors (Lipinski definition) is 2. The first-order chi connectivity index (χ1) is 15.9. The highest BCUT2D eigenvalue weighted by atomic mass is 16.6. The maximum Gasteiger partial charge on any atom is 0.410 e. The van der Waals surface area contributed by atoms with Crippen LogP contribution in [0.1, 0.15) is 30.4 Å². The minimum absolute atomic E-state index is 0.0129. The van der Waals surface area contributed by atoms with Gasteiger partial charge in [-0.15, -0.1) is 0 Å². The fraction of sp³-hybridized carbons (Fsp3) is 0.320. The molecular formula is C25H30N2O6. The molecule has 0 heterocycles. The van der Waals surface area contributed by atoms with Crippen LogP contribution in [-0.4, -0.2) is 61.0 Å². The van der Waals surface area contributed by atoms with E-state index in [9.17, 15) is 14.4 Å². The average Bonchev–Trinajstić information content (AvgIpc) is 3.10. The topological polar surface area (TPSA) is 105 Å². The Bertz CT molecular complexity index is 950. The minimum atomic E-state index is -1.15. The zero-order valence-corrected chi connectivity index (χ0v) is 18.8. The van der Waals surface area contributed by atoms with E-state index in [4.69, 9.17) is 14.6 Å². The Kier molecular flexibility index (Phi) is 9.95. The maximum absolute atomic E-state index is 12.2. The van der Waals surface area contributed by atoms with Crippen molar-refractivity contribution >= 4 is 23.7 Å². The predicted molar refractivity (Wildman–Crippen MR) is 126 cm³/mol. The zero-order chi connectivity index (χ0) is 24.2. The molecule has 8 heteroatoms. The molecule has 0 fully saturated rings. The lowest BCUT2D eigenvalue weighted by Crippen LogP contribution is -2.38. The molecule has 1 aliphatic rings. The molecule has 1 aromatic rings. The molecule has 0 radical (unpaired) electrons. The van der Waals surface area contributed by atoms with Crippen molar-refractivity contribution in [1.29, 1.82) is 0 Å². The van der Waals surface area contributed by atoms with Gasteiger partial charge in [0.05, 0.1) is 0 Å². The van der Waals surface area contributed by atoms with Gasteiger partial charge in [0, 0.05) is 19.0 Å². The van der Waals surface area contributed by atoms with Crippen molar-refractivity contribution in [3.05, 3.63) is 78.4 Å². The van der Waals surface area contributed by atoms with Gasteiger partial charge in [-0.2, -0.15) is 0 Å². The number of carboxylic acids is 1. The number of carbonyl (C=O) groups is 3. The van der Waals surface area contributed by atoms with Gasteiger partial charge in [0.15, 0.2) is 0 Å².